The summed E-state index contributed by atoms with van der Waals surface area (Å²) in [6.07, 6.45) is -0.386. The Morgan fingerprint density at radius 1 is 1.14 bits per heavy atom. The molecule has 2 aromatic carbocycles. The predicted octanol–water partition coefficient (Wildman–Crippen LogP) is 3.59. The van der Waals surface area contributed by atoms with Crippen molar-refractivity contribution in [1.82, 2.24) is 0 Å². The first kappa shape index (κ1) is 20.5. The summed E-state index contributed by atoms with van der Waals surface area (Å²) < 4.78 is 11.0. The molecular weight excluding hydrogens is 405 g/mol. The van der Waals surface area contributed by atoms with Crippen LogP contribution < -0.4 is 14.4 Å². The van der Waals surface area contributed by atoms with Crippen LogP contribution in [0.4, 0.5) is 5.69 Å². The highest BCUT2D eigenvalue weighted by Gasteiger charge is 2.52. The molecule has 0 aromatic heterocycles. The van der Waals surface area contributed by atoms with Crippen molar-refractivity contribution in [1.29, 1.82) is 0 Å². The van der Waals surface area contributed by atoms with Gasteiger partial charge in [0.2, 0.25) is 0 Å². The number of rotatable bonds is 7. The Hall–Kier alpha value is -2.28. The van der Waals surface area contributed by atoms with Crippen molar-refractivity contribution in [2.24, 2.45) is 0 Å². The van der Waals surface area contributed by atoms with Gasteiger partial charge < -0.3 is 19.5 Å². The van der Waals surface area contributed by atoms with Crippen LogP contribution in [0.3, 0.4) is 0 Å². The maximum Gasteiger partial charge on any atom is 0.264 e. The molecule has 0 bridgehead atoms. The lowest BCUT2D eigenvalue weighted by Crippen LogP contribution is -2.43. The second-order valence-electron chi connectivity index (χ2n) is 6.45. The SMILES string of the molecule is COc1ccccc1OCCN1C(=O)C(O)(CC(C)=O)c2c(Cl)ccc(Cl)c21. The van der Waals surface area contributed by atoms with Gasteiger partial charge in [0.1, 0.15) is 12.4 Å². The minimum atomic E-state index is -2.05. The summed E-state index contributed by atoms with van der Waals surface area (Å²) in [6, 6.07) is 10.2. The Balaban J connectivity index is 1.89. The molecule has 3 rings (SSSR count). The number of ether oxygens (including phenoxy) is 2. The number of carbonyl (C=O) groups excluding carboxylic acids is 2. The normalized spacial score (nSPS) is 18.2. The van der Waals surface area contributed by atoms with E-state index in [-0.39, 0.29) is 41.0 Å². The summed E-state index contributed by atoms with van der Waals surface area (Å²) in [7, 11) is 1.53. The van der Waals surface area contributed by atoms with Crippen molar-refractivity contribution in [3.8, 4) is 11.5 Å². The number of halogens is 2. The summed E-state index contributed by atoms with van der Waals surface area (Å²) in [5, 5.41) is 11.5. The van der Waals surface area contributed by atoms with Crippen molar-refractivity contribution in [2.75, 3.05) is 25.2 Å². The second-order valence-corrected chi connectivity index (χ2v) is 7.26. The van der Waals surface area contributed by atoms with E-state index in [4.69, 9.17) is 32.7 Å². The van der Waals surface area contributed by atoms with E-state index in [0.717, 1.165) is 0 Å². The highest BCUT2D eigenvalue weighted by atomic mass is 35.5. The molecule has 1 heterocycles. The molecule has 1 atom stereocenters. The van der Waals surface area contributed by atoms with Gasteiger partial charge in [-0.3, -0.25) is 9.59 Å². The van der Waals surface area contributed by atoms with Crippen LogP contribution in [0.5, 0.6) is 11.5 Å². The fraction of sp³-hybridized carbons (Fsp3) is 0.300. The lowest BCUT2D eigenvalue weighted by Gasteiger charge is -2.22. The predicted molar refractivity (Wildman–Crippen MR) is 106 cm³/mol. The molecule has 0 aliphatic carbocycles. The van der Waals surface area contributed by atoms with Crippen LogP contribution in [0.1, 0.15) is 18.9 Å². The molecule has 1 aliphatic heterocycles. The van der Waals surface area contributed by atoms with Crippen LogP contribution in [0, 0.1) is 0 Å². The summed E-state index contributed by atoms with van der Waals surface area (Å²) >= 11 is 12.6. The number of amides is 1. The Labute approximate surface area is 172 Å². The first-order chi connectivity index (χ1) is 13.3. The molecule has 0 fully saturated rings. The molecule has 1 amide bonds. The Morgan fingerprint density at radius 3 is 2.43 bits per heavy atom. The highest BCUT2D eigenvalue weighted by molar-refractivity contribution is 6.38. The Bertz CT molecular complexity index is 933. The summed E-state index contributed by atoms with van der Waals surface area (Å²) in [5.74, 6) is 0.0826. The molecule has 1 N–H and O–H groups in total. The lowest BCUT2D eigenvalue weighted by molar-refractivity contribution is -0.141. The molecule has 6 nitrogen and oxygen atoms in total. The Morgan fingerprint density at radius 2 is 1.79 bits per heavy atom. The third kappa shape index (κ3) is 3.55. The number of fused-ring (bicyclic) bond motifs is 1. The van der Waals surface area contributed by atoms with E-state index in [9.17, 15) is 14.7 Å². The number of Topliss-reactive ketones (excluding diaryl/α,β-unsaturated/α-hetero) is 1. The van der Waals surface area contributed by atoms with Gasteiger partial charge in [-0.25, -0.2) is 0 Å². The van der Waals surface area contributed by atoms with Crippen LogP contribution in [0.15, 0.2) is 36.4 Å². The molecule has 8 heteroatoms. The number of hydrogen-bond donors (Lipinski definition) is 1. The van der Waals surface area contributed by atoms with Gasteiger partial charge in [-0.2, -0.15) is 0 Å². The fourth-order valence-corrected chi connectivity index (χ4v) is 3.92. The summed E-state index contributed by atoms with van der Waals surface area (Å²) in [5.41, 5.74) is -1.60. The molecule has 28 heavy (non-hydrogen) atoms. The van der Waals surface area contributed by atoms with Crippen LogP contribution in [-0.2, 0) is 15.2 Å². The van der Waals surface area contributed by atoms with Crippen molar-refractivity contribution >= 4 is 40.6 Å². The largest absolute Gasteiger partial charge is 0.493 e. The number of carbonyl (C=O) groups is 2. The number of para-hydroxylation sites is 2. The van der Waals surface area contributed by atoms with E-state index >= 15 is 0 Å². The van der Waals surface area contributed by atoms with Crippen molar-refractivity contribution in [2.45, 2.75) is 18.9 Å². The quantitative estimate of drug-likeness (QED) is 0.735. The van der Waals surface area contributed by atoms with Crippen LogP contribution >= 0.6 is 23.2 Å². The van der Waals surface area contributed by atoms with Crippen molar-refractivity contribution < 1.29 is 24.2 Å². The first-order valence-electron chi connectivity index (χ1n) is 8.57. The molecular formula is C20H19Cl2NO5. The number of anilines is 1. The number of hydrogen-bond acceptors (Lipinski definition) is 5. The van der Waals surface area contributed by atoms with Gasteiger partial charge in [-0.15, -0.1) is 0 Å². The maximum atomic E-state index is 13.0. The van der Waals surface area contributed by atoms with E-state index < -0.39 is 11.5 Å². The number of aliphatic hydroxyl groups is 1. The third-order valence-corrected chi connectivity index (χ3v) is 5.13. The number of benzene rings is 2. The standard InChI is InChI=1S/C20H19Cl2NO5/c1-12(24)11-20(26)17-13(21)7-8-14(22)18(17)23(19(20)25)9-10-28-16-6-4-3-5-15(16)27-2/h3-8,26H,9-11H2,1-2H3. The third-order valence-electron chi connectivity index (χ3n) is 4.51. The van der Waals surface area contributed by atoms with Crippen LogP contribution in [0.25, 0.3) is 0 Å². The molecule has 1 unspecified atom stereocenters. The maximum absolute atomic E-state index is 13.0. The molecule has 148 valence electrons. The van der Waals surface area contributed by atoms with Gasteiger partial charge in [-0.05, 0) is 31.2 Å². The van der Waals surface area contributed by atoms with Gasteiger partial charge in [0, 0.05) is 17.0 Å². The zero-order valence-corrected chi connectivity index (χ0v) is 16.9. The van der Waals surface area contributed by atoms with E-state index in [1.165, 1.54) is 25.0 Å². The van der Waals surface area contributed by atoms with Gasteiger partial charge in [0.15, 0.2) is 17.1 Å². The summed E-state index contributed by atoms with van der Waals surface area (Å²) in [6.45, 7) is 1.52. The van der Waals surface area contributed by atoms with Gasteiger partial charge in [0.05, 0.1) is 24.4 Å². The Kier molecular flexibility index (Phi) is 5.84. The smallest absolute Gasteiger partial charge is 0.264 e. The van der Waals surface area contributed by atoms with Gasteiger partial charge in [0.25, 0.3) is 5.91 Å². The van der Waals surface area contributed by atoms with Crippen LogP contribution in [0.2, 0.25) is 10.0 Å². The van der Waals surface area contributed by atoms with Crippen LogP contribution in [-0.4, -0.2) is 37.1 Å². The van der Waals surface area contributed by atoms with Crippen molar-refractivity contribution in [3.05, 3.63) is 52.0 Å². The number of methoxy groups -OCH3 is 1. The number of nitrogens with zero attached hydrogens (tertiary/aromatic N) is 1. The highest BCUT2D eigenvalue weighted by Crippen LogP contribution is 2.49. The van der Waals surface area contributed by atoms with E-state index in [0.29, 0.717) is 17.2 Å². The minimum Gasteiger partial charge on any atom is -0.493 e. The van der Waals surface area contributed by atoms with E-state index in [1.807, 2.05) is 6.07 Å². The average Bonchev–Trinajstić information content (AvgIpc) is 2.87. The monoisotopic (exact) mass is 423 g/mol. The zero-order chi connectivity index (χ0) is 20.5. The number of ketones is 1. The second kappa shape index (κ2) is 7.99. The molecule has 0 radical (unpaired) electrons. The molecule has 0 spiro atoms. The molecule has 0 saturated heterocycles. The average molecular weight is 424 g/mol. The zero-order valence-electron chi connectivity index (χ0n) is 15.4. The van der Waals surface area contributed by atoms with Gasteiger partial charge >= 0.3 is 0 Å². The van der Waals surface area contributed by atoms with E-state index in [2.05, 4.69) is 0 Å². The lowest BCUT2D eigenvalue weighted by atomic mass is 9.90. The van der Waals surface area contributed by atoms with Gasteiger partial charge in [-0.1, -0.05) is 35.3 Å². The van der Waals surface area contributed by atoms with Crippen molar-refractivity contribution in [3.63, 3.8) is 0 Å². The topological polar surface area (TPSA) is 76.1 Å². The fourth-order valence-electron chi connectivity index (χ4n) is 3.35. The summed E-state index contributed by atoms with van der Waals surface area (Å²) in [4.78, 5) is 26.0. The minimum absolute atomic E-state index is 0.101. The van der Waals surface area contributed by atoms with E-state index in [1.54, 1.807) is 24.3 Å². The molecule has 1 aliphatic rings. The molecule has 2 aromatic rings. The first-order valence-corrected chi connectivity index (χ1v) is 9.33. The molecule has 0 saturated carbocycles.